The maximum absolute atomic E-state index is 14.1. The molecule has 0 saturated heterocycles. The molecule has 4 nitrogen and oxygen atoms in total. The van der Waals surface area contributed by atoms with E-state index in [9.17, 15) is 9.59 Å². The number of hydrogen-bond donors (Lipinski definition) is 0. The number of rotatable bonds is 6. The van der Waals surface area contributed by atoms with E-state index in [1.807, 2.05) is 18.2 Å². The number of carbonyl (C=O) groups excluding carboxylic acids is 2. The van der Waals surface area contributed by atoms with E-state index in [2.05, 4.69) is 85.8 Å². The second-order valence-corrected chi connectivity index (χ2v) is 13.6. The molecule has 1 heterocycles. The Balaban J connectivity index is 1.78. The van der Waals surface area contributed by atoms with Gasteiger partial charge in [-0.1, -0.05) is 80.9 Å². The second kappa shape index (κ2) is 10.1. The number of carbonyl (C=O) groups is 2. The lowest BCUT2D eigenvalue weighted by Gasteiger charge is -2.49. The number of halogens is 1. The summed E-state index contributed by atoms with van der Waals surface area (Å²) in [5.41, 5.74) is 5.50. The van der Waals surface area contributed by atoms with Crippen molar-refractivity contribution in [3.8, 4) is 5.75 Å². The maximum Gasteiger partial charge on any atom is 0.162 e. The molecule has 3 aliphatic rings. The largest absolute Gasteiger partial charge is 0.493 e. The van der Waals surface area contributed by atoms with Gasteiger partial charge in [0.15, 0.2) is 11.6 Å². The van der Waals surface area contributed by atoms with Crippen molar-refractivity contribution in [1.82, 2.24) is 4.90 Å². The van der Waals surface area contributed by atoms with Crippen molar-refractivity contribution in [3.63, 3.8) is 0 Å². The molecule has 0 radical (unpaired) electrons. The molecule has 1 aliphatic heterocycles. The number of nitrogens with zero attached hydrogens (tertiary/aromatic N) is 1. The first-order chi connectivity index (χ1) is 18.0. The number of benzene rings is 2. The molecule has 2 aromatic rings. The summed E-state index contributed by atoms with van der Waals surface area (Å²) < 4.78 is 7.14. The fourth-order valence-corrected chi connectivity index (χ4v) is 6.78. The van der Waals surface area contributed by atoms with Crippen LogP contribution in [0.1, 0.15) is 83.8 Å². The minimum absolute atomic E-state index is 0.143. The Bertz CT molecular complexity index is 1280. The Labute approximate surface area is 235 Å². The number of ether oxygens (including phenoxy) is 1. The predicted octanol–water partition coefficient (Wildman–Crippen LogP) is 8.12. The van der Waals surface area contributed by atoms with Crippen LogP contribution in [0.5, 0.6) is 5.75 Å². The van der Waals surface area contributed by atoms with Gasteiger partial charge in [-0.05, 0) is 53.9 Å². The lowest BCUT2D eigenvalue weighted by atomic mass is 9.63. The summed E-state index contributed by atoms with van der Waals surface area (Å²) in [5, 5.41) is 0. The Kier molecular flexibility index (Phi) is 7.19. The van der Waals surface area contributed by atoms with Crippen LogP contribution in [0.2, 0.25) is 0 Å². The molecular formula is C33H38BrNO3. The fraction of sp³-hybridized carbons (Fsp3) is 0.455. The van der Waals surface area contributed by atoms with E-state index in [0.717, 1.165) is 57.6 Å². The van der Waals surface area contributed by atoms with Crippen LogP contribution in [0.4, 0.5) is 0 Å². The quantitative estimate of drug-likeness (QED) is 0.349. The molecular weight excluding hydrogens is 538 g/mol. The number of hydrogen-bond acceptors (Lipinski definition) is 4. The third-order valence-electron chi connectivity index (χ3n) is 7.95. The normalized spacial score (nSPS) is 20.9. The lowest BCUT2D eigenvalue weighted by molar-refractivity contribution is -0.119. The van der Waals surface area contributed by atoms with Crippen LogP contribution in [-0.2, 0) is 16.1 Å². The summed E-state index contributed by atoms with van der Waals surface area (Å²) in [4.78, 5) is 30.5. The van der Waals surface area contributed by atoms with E-state index in [1.54, 1.807) is 0 Å². The van der Waals surface area contributed by atoms with Crippen molar-refractivity contribution in [1.29, 1.82) is 0 Å². The van der Waals surface area contributed by atoms with Gasteiger partial charge in [-0.2, -0.15) is 0 Å². The van der Waals surface area contributed by atoms with E-state index in [1.165, 1.54) is 5.56 Å². The van der Waals surface area contributed by atoms with E-state index in [0.29, 0.717) is 26.0 Å². The summed E-state index contributed by atoms with van der Waals surface area (Å²) >= 11 is 3.66. The van der Waals surface area contributed by atoms with Gasteiger partial charge in [0, 0.05) is 57.9 Å². The SMILES string of the molecule is CCCOc1ccc(Br)cc1C1C2=C(CC(C)(C)CC2=O)N(Cc2ccccc2)C2=C1C(=O)CC(C)(C)C2. The third-order valence-corrected chi connectivity index (χ3v) is 8.44. The Morgan fingerprint density at radius 2 is 1.45 bits per heavy atom. The van der Waals surface area contributed by atoms with Gasteiger partial charge in [0.05, 0.1) is 6.61 Å². The molecule has 2 aliphatic carbocycles. The molecule has 0 atom stereocenters. The molecule has 0 spiro atoms. The smallest absolute Gasteiger partial charge is 0.162 e. The van der Waals surface area contributed by atoms with Gasteiger partial charge in [-0.25, -0.2) is 0 Å². The van der Waals surface area contributed by atoms with E-state index in [-0.39, 0.29) is 22.4 Å². The van der Waals surface area contributed by atoms with Gasteiger partial charge in [0.1, 0.15) is 5.75 Å². The second-order valence-electron chi connectivity index (χ2n) is 12.6. The highest BCUT2D eigenvalue weighted by atomic mass is 79.9. The van der Waals surface area contributed by atoms with Gasteiger partial charge >= 0.3 is 0 Å². The van der Waals surface area contributed by atoms with Gasteiger partial charge in [-0.3, -0.25) is 9.59 Å². The zero-order chi connectivity index (χ0) is 27.2. The minimum atomic E-state index is -0.413. The third kappa shape index (κ3) is 5.14. The highest BCUT2D eigenvalue weighted by Crippen LogP contribution is 2.56. The van der Waals surface area contributed by atoms with Crippen molar-refractivity contribution in [2.75, 3.05) is 6.61 Å². The molecule has 0 unspecified atom stereocenters. The Morgan fingerprint density at radius 1 is 0.868 bits per heavy atom. The van der Waals surface area contributed by atoms with Crippen molar-refractivity contribution in [3.05, 3.63) is 86.7 Å². The molecule has 38 heavy (non-hydrogen) atoms. The molecule has 0 aromatic heterocycles. The van der Waals surface area contributed by atoms with E-state index < -0.39 is 5.92 Å². The first kappa shape index (κ1) is 26.9. The van der Waals surface area contributed by atoms with Crippen molar-refractivity contribution in [2.24, 2.45) is 10.8 Å². The highest BCUT2D eigenvalue weighted by molar-refractivity contribution is 9.10. The van der Waals surface area contributed by atoms with Gasteiger partial charge in [0.2, 0.25) is 0 Å². The van der Waals surface area contributed by atoms with Crippen molar-refractivity contribution < 1.29 is 14.3 Å². The monoisotopic (exact) mass is 575 g/mol. The van der Waals surface area contributed by atoms with Crippen LogP contribution >= 0.6 is 15.9 Å². The number of ketones is 2. The van der Waals surface area contributed by atoms with Crippen LogP contribution in [0, 0.1) is 10.8 Å². The molecule has 0 bridgehead atoms. The number of allylic oxidation sites excluding steroid dienone is 4. The highest BCUT2D eigenvalue weighted by Gasteiger charge is 2.49. The molecule has 5 rings (SSSR count). The van der Waals surface area contributed by atoms with Crippen LogP contribution in [-0.4, -0.2) is 23.1 Å². The molecule has 2 aromatic carbocycles. The topological polar surface area (TPSA) is 46.6 Å². The first-order valence-corrected chi connectivity index (χ1v) is 14.6. The van der Waals surface area contributed by atoms with Crippen LogP contribution in [0.15, 0.2) is 75.5 Å². The van der Waals surface area contributed by atoms with Gasteiger partial charge in [0.25, 0.3) is 0 Å². The summed E-state index contributed by atoms with van der Waals surface area (Å²) in [5.74, 6) is 0.629. The minimum Gasteiger partial charge on any atom is -0.493 e. The average molecular weight is 577 g/mol. The van der Waals surface area contributed by atoms with Gasteiger partial charge < -0.3 is 9.64 Å². The molecule has 0 fully saturated rings. The fourth-order valence-electron chi connectivity index (χ4n) is 6.40. The predicted molar refractivity (Wildman–Crippen MR) is 155 cm³/mol. The lowest BCUT2D eigenvalue weighted by Crippen LogP contribution is -2.44. The van der Waals surface area contributed by atoms with Crippen molar-refractivity contribution in [2.45, 2.75) is 79.2 Å². The van der Waals surface area contributed by atoms with Crippen LogP contribution in [0.3, 0.4) is 0 Å². The Morgan fingerprint density at radius 3 is 2.00 bits per heavy atom. The Hall–Kier alpha value is -2.66. The first-order valence-electron chi connectivity index (χ1n) is 13.8. The summed E-state index contributed by atoms with van der Waals surface area (Å²) in [6.45, 7) is 12.0. The zero-order valence-corrected chi connectivity index (χ0v) is 24.8. The summed E-state index contributed by atoms with van der Waals surface area (Å²) in [7, 11) is 0. The van der Waals surface area contributed by atoms with Crippen LogP contribution < -0.4 is 4.74 Å². The zero-order valence-electron chi connectivity index (χ0n) is 23.2. The van der Waals surface area contributed by atoms with Crippen molar-refractivity contribution >= 4 is 27.5 Å². The molecule has 200 valence electrons. The summed E-state index contributed by atoms with van der Waals surface area (Å²) in [6.07, 6.45) is 3.42. The van der Waals surface area contributed by atoms with Crippen LogP contribution in [0.25, 0.3) is 0 Å². The molecule has 0 N–H and O–H groups in total. The molecule has 0 saturated carbocycles. The standard InChI is InChI=1S/C33H38BrNO3/c1-6-14-38-28-13-12-22(34)15-23(28)29-30-24(16-32(2,3)18-26(30)36)35(20-21-10-8-7-9-11-21)25-17-33(4,5)19-27(37)31(25)29/h7-13,15,29H,6,14,16-20H2,1-5H3. The molecule has 5 heteroatoms. The summed E-state index contributed by atoms with van der Waals surface area (Å²) in [6, 6.07) is 16.4. The van der Waals surface area contributed by atoms with Gasteiger partial charge in [-0.15, -0.1) is 0 Å². The van der Waals surface area contributed by atoms with E-state index >= 15 is 0 Å². The average Bonchev–Trinajstić information content (AvgIpc) is 2.83. The molecule has 0 amide bonds. The maximum atomic E-state index is 14.1. The van der Waals surface area contributed by atoms with E-state index in [4.69, 9.17) is 4.74 Å². The number of Topliss-reactive ketones (excluding diaryl/α,β-unsaturated/α-hetero) is 2.